The monoisotopic (exact) mass is 198 g/mol. The van der Waals surface area contributed by atoms with Crippen molar-refractivity contribution in [3.8, 4) is 0 Å². The summed E-state index contributed by atoms with van der Waals surface area (Å²) in [5, 5.41) is 9.46. The van der Waals surface area contributed by atoms with Crippen molar-refractivity contribution in [2.24, 2.45) is 0 Å². The van der Waals surface area contributed by atoms with Gasteiger partial charge in [0.2, 0.25) is 5.82 Å². The number of aryl methyl sites for hydroxylation is 1. The molecule has 15 heavy (non-hydrogen) atoms. The zero-order valence-electron chi connectivity index (χ0n) is 8.06. The first-order chi connectivity index (χ1) is 7.08. The van der Waals surface area contributed by atoms with E-state index in [1.807, 2.05) is 6.92 Å². The molecule has 0 saturated carbocycles. The molecule has 1 heterocycles. The van der Waals surface area contributed by atoms with Crippen molar-refractivity contribution in [2.45, 2.75) is 6.92 Å². The van der Waals surface area contributed by atoms with Crippen molar-refractivity contribution in [1.29, 1.82) is 0 Å². The van der Waals surface area contributed by atoms with Gasteiger partial charge in [0.1, 0.15) is 7.85 Å². The third-order valence-corrected chi connectivity index (χ3v) is 2.16. The second-order valence-corrected chi connectivity index (χ2v) is 3.27. The molecule has 2 rings (SSSR count). The van der Waals surface area contributed by atoms with Crippen LogP contribution < -0.4 is 5.46 Å². The summed E-state index contributed by atoms with van der Waals surface area (Å²) in [5.74, 6) is -1.34. The van der Waals surface area contributed by atoms with E-state index in [0.29, 0.717) is 11.0 Å². The summed E-state index contributed by atoms with van der Waals surface area (Å²) in [6.07, 6.45) is 1.46. The zero-order chi connectivity index (χ0) is 11.0. The summed E-state index contributed by atoms with van der Waals surface area (Å²) in [5.41, 5.74) is 2.11. The molecular formula is C10H7BN2O2. The molecule has 1 aromatic carbocycles. The van der Waals surface area contributed by atoms with Gasteiger partial charge in [0.15, 0.2) is 0 Å². The van der Waals surface area contributed by atoms with E-state index >= 15 is 0 Å². The number of rotatable bonds is 1. The molecule has 0 aliphatic rings. The van der Waals surface area contributed by atoms with Crippen LogP contribution in [-0.2, 0) is 0 Å². The van der Waals surface area contributed by atoms with Gasteiger partial charge in [-0.3, -0.25) is 0 Å². The third kappa shape index (κ3) is 1.68. The first-order valence-corrected chi connectivity index (χ1v) is 4.34. The van der Waals surface area contributed by atoms with E-state index in [0.717, 1.165) is 10.9 Å². The minimum Gasteiger partial charge on any atom is -0.475 e. The van der Waals surface area contributed by atoms with Gasteiger partial charge in [-0.05, 0) is 13.0 Å². The fraction of sp³-hybridized carbons (Fsp3) is 0.100. The van der Waals surface area contributed by atoms with E-state index in [1.54, 1.807) is 12.1 Å². The molecule has 0 aliphatic heterocycles. The van der Waals surface area contributed by atoms with Gasteiger partial charge in [0, 0.05) is 11.6 Å². The Morgan fingerprint density at radius 1 is 1.47 bits per heavy atom. The van der Waals surface area contributed by atoms with Gasteiger partial charge in [0.25, 0.3) is 0 Å². The van der Waals surface area contributed by atoms with Crippen LogP contribution in [-0.4, -0.2) is 28.9 Å². The standard InChI is InChI=1S/C10H7BN2O2/c1-5-2-8-6(3-7(5)11)4-12-9(13-8)10(14)15/h2-4H,1H3,(H,14,15). The predicted octanol–water partition coefficient (Wildman–Crippen LogP) is 0.430. The third-order valence-electron chi connectivity index (χ3n) is 2.16. The normalized spacial score (nSPS) is 10.5. The van der Waals surface area contributed by atoms with Crippen LogP contribution in [0.3, 0.4) is 0 Å². The van der Waals surface area contributed by atoms with Gasteiger partial charge in [0.05, 0.1) is 5.52 Å². The van der Waals surface area contributed by atoms with E-state index in [9.17, 15) is 4.79 Å². The molecule has 72 valence electrons. The molecule has 0 fully saturated rings. The van der Waals surface area contributed by atoms with Gasteiger partial charge in [-0.25, -0.2) is 14.8 Å². The van der Waals surface area contributed by atoms with Crippen LogP contribution in [0.1, 0.15) is 16.2 Å². The Morgan fingerprint density at radius 3 is 2.87 bits per heavy atom. The predicted molar refractivity (Wildman–Crippen MR) is 56.6 cm³/mol. The number of aromatic carboxylic acids is 1. The van der Waals surface area contributed by atoms with Crippen LogP contribution in [0, 0.1) is 6.92 Å². The van der Waals surface area contributed by atoms with Crippen molar-refractivity contribution >= 4 is 30.2 Å². The number of nitrogens with zero attached hydrogens (tertiary/aromatic N) is 2. The first kappa shape index (κ1) is 9.64. The molecule has 5 heteroatoms. The highest BCUT2D eigenvalue weighted by atomic mass is 16.4. The molecule has 0 spiro atoms. The summed E-state index contributed by atoms with van der Waals surface area (Å²) >= 11 is 0. The largest absolute Gasteiger partial charge is 0.475 e. The maximum atomic E-state index is 10.6. The summed E-state index contributed by atoms with van der Waals surface area (Å²) < 4.78 is 0. The maximum Gasteiger partial charge on any atom is 0.373 e. The molecule has 0 saturated heterocycles. The number of carboxylic acids is 1. The highest BCUT2D eigenvalue weighted by molar-refractivity contribution is 6.34. The number of benzene rings is 1. The second-order valence-electron chi connectivity index (χ2n) is 3.27. The molecule has 0 atom stereocenters. The van der Waals surface area contributed by atoms with Gasteiger partial charge in [-0.15, -0.1) is 0 Å². The highest BCUT2D eigenvalue weighted by Crippen LogP contribution is 2.10. The number of hydrogen-bond acceptors (Lipinski definition) is 3. The average Bonchev–Trinajstić information content (AvgIpc) is 2.19. The molecular weight excluding hydrogens is 191 g/mol. The van der Waals surface area contributed by atoms with Crippen molar-refractivity contribution in [1.82, 2.24) is 9.97 Å². The lowest BCUT2D eigenvalue weighted by atomic mass is 9.90. The van der Waals surface area contributed by atoms with E-state index in [1.165, 1.54) is 6.20 Å². The number of hydrogen-bond donors (Lipinski definition) is 1. The van der Waals surface area contributed by atoms with E-state index in [-0.39, 0.29) is 5.82 Å². The van der Waals surface area contributed by atoms with Crippen molar-refractivity contribution in [3.05, 3.63) is 29.7 Å². The maximum absolute atomic E-state index is 10.6. The molecule has 1 N–H and O–H groups in total. The lowest BCUT2D eigenvalue weighted by Gasteiger charge is -2.03. The Kier molecular flexibility index (Phi) is 2.15. The molecule has 0 amide bonds. The molecule has 2 radical (unpaired) electrons. The minimum absolute atomic E-state index is 0.202. The Morgan fingerprint density at radius 2 is 2.20 bits per heavy atom. The van der Waals surface area contributed by atoms with E-state index in [2.05, 4.69) is 9.97 Å². The zero-order valence-corrected chi connectivity index (χ0v) is 8.06. The average molecular weight is 198 g/mol. The molecule has 0 aliphatic carbocycles. The second kappa shape index (κ2) is 3.35. The Balaban J connectivity index is 2.72. The highest BCUT2D eigenvalue weighted by Gasteiger charge is 2.07. The van der Waals surface area contributed by atoms with Crippen LogP contribution >= 0.6 is 0 Å². The molecule has 4 nitrogen and oxygen atoms in total. The van der Waals surface area contributed by atoms with E-state index < -0.39 is 5.97 Å². The fourth-order valence-corrected chi connectivity index (χ4v) is 1.30. The number of aromatic nitrogens is 2. The van der Waals surface area contributed by atoms with Crippen LogP contribution in [0.15, 0.2) is 18.3 Å². The summed E-state index contributed by atoms with van der Waals surface area (Å²) in [6.45, 7) is 1.84. The number of carbonyl (C=O) groups is 1. The summed E-state index contributed by atoms with van der Waals surface area (Å²) in [7, 11) is 5.71. The van der Waals surface area contributed by atoms with Crippen LogP contribution in [0.25, 0.3) is 10.9 Å². The summed E-state index contributed by atoms with van der Waals surface area (Å²) in [6, 6.07) is 3.48. The number of fused-ring (bicyclic) bond motifs is 1. The van der Waals surface area contributed by atoms with Crippen molar-refractivity contribution < 1.29 is 9.90 Å². The van der Waals surface area contributed by atoms with Gasteiger partial charge in [-0.1, -0.05) is 17.1 Å². The topological polar surface area (TPSA) is 63.1 Å². The smallest absolute Gasteiger partial charge is 0.373 e. The lowest BCUT2D eigenvalue weighted by Crippen LogP contribution is -2.09. The molecule has 1 aromatic heterocycles. The first-order valence-electron chi connectivity index (χ1n) is 4.34. The fourth-order valence-electron chi connectivity index (χ4n) is 1.30. The van der Waals surface area contributed by atoms with Gasteiger partial charge < -0.3 is 5.11 Å². The van der Waals surface area contributed by atoms with Crippen molar-refractivity contribution in [2.75, 3.05) is 0 Å². The van der Waals surface area contributed by atoms with Gasteiger partial charge >= 0.3 is 5.97 Å². The van der Waals surface area contributed by atoms with E-state index in [4.69, 9.17) is 13.0 Å². The van der Waals surface area contributed by atoms with Crippen LogP contribution in [0.5, 0.6) is 0 Å². The summed E-state index contributed by atoms with van der Waals surface area (Å²) in [4.78, 5) is 18.3. The minimum atomic E-state index is -1.13. The Bertz CT molecular complexity index is 554. The SMILES string of the molecule is [B]c1cc2cnc(C(=O)O)nc2cc1C. The van der Waals surface area contributed by atoms with Crippen LogP contribution in [0.4, 0.5) is 0 Å². The lowest BCUT2D eigenvalue weighted by molar-refractivity contribution is 0.0684. The molecule has 0 unspecified atom stereocenters. The number of carboxylic acid groups (broad SMARTS) is 1. The van der Waals surface area contributed by atoms with Crippen LogP contribution in [0.2, 0.25) is 0 Å². The Hall–Kier alpha value is -1.91. The quantitative estimate of drug-likeness (QED) is 0.674. The van der Waals surface area contributed by atoms with Gasteiger partial charge in [-0.2, -0.15) is 0 Å². The Labute approximate surface area is 87.4 Å². The molecule has 0 bridgehead atoms. The van der Waals surface area contributed by atoms with Crippen molar-refractivity contribution in [3.63, 3.8) is 0 Å². The molecule has 2 aromatic rings.